The van der Waals surface area contributed by atoms with Crippen LogP contribution in [-0.4, -0.2) is 29.1 Å². The van der Waals surface area contributed by atoms with Crippen molar-refractivity contribution in [3.8, 4) is 0 Å². The molecule has 1 N–H and O–H groups in total. The Bertz CT molecular complexity index is 510. The van der Waals surface area contributed by atoms with Gasteiger partial charge in [0.2, 0.25) is 0 Å². The van der Waals surface area contributed by atoms with E-state index >= 15 is 0 Å². The molecule has 4 rings (SSSR count). The third-order valence-electron chi connectivity index (χ3n) is 6.58. The molecule has 120 valence electrons. The van der Waals surface area contributed by atoms with Gasteiger partial charge in [-0.3, -0.25) is 0 Å². The molecule has 0 amide bonds. The summed E-state index contributed by atoms with van der Waals surface area (Å²) in [5, 5.41) is 10.9. The van der Waals surface area contributed by atoms with Gasteiger partial charge in [0.25, 0.3) is 0 Å². The molecule has 1 aromatic carbocycles. The highest BCUT2D eigenvalue weighted by atomic mass is 16.3. The van der Waals surface area contributed by atoms with Crippen LogP contribution in [0.5, 0.6) is 0 Å². The van der Waals surface area contributed by atoms with Gasteiger partial charge in [0.15, 0.2) is 0 Å². The van der Waals surface area contributed by atoms with Crippen LogP contribution < -0.4 is 0 Å². The van der Waals surface area contributed by atoms with E-state index < -0.39 is 0 Å². The van der Waals surface area contributed by atoms with Crippen molar-refractivity contribution >= 4 is 0 Å². The Kier molecular flexibility index (Phi) is 4.00. The lowest BCUT2D eigenvalue weighted by Gasteiger charge is -2.43. The van der Waals surface area contributed by atoms with E-state index in [1.165, 1.54) is 75.6 Å². The summed E-state index contributed by atoms with van der Waals surface area (Å²) in [5.74, 6) is 0. The van der Waals surface area contributed by atoms with Crippen molar-refractivity contribution in [3.05, 3.63) is 35.4 Å². The Morgan fingerprint density at radius 3 is 2.32 bits per heavy atom. The molecule has 1 aromatic rings. The average molecular weight is 299 g/mol. The smallest absolute Gasteiger partial charge is 0.0852 e. The van der Waals surface area contributed by atoms with E-state index in [9.17, 15) is 5.11 Å². The molecule has 22 heavy (non-hydrogen) atoms. The van der Waals surface area contributed by atoms with Crippen molar-refractivity contribution in [2.75, 3.05) is 13.1 Å². The third-order valence-corrected chi connectivity index (χ3v) is 6.58. The van der Waals surface area contributed by atoms with Gasteiger partial charge in [0, 0.05) is 11.5 Å². The van der Waals surface area contributed by atoms with Crippen molar-refractivity contribution in [1.82, 2.24) is 4.90 Å². The first-order valence-electron chi connectivity index (χ1n) is 9.28. The number of benzene rings is 1. The average Bonchev–Trinajstić information content (AvgIpc) is 2.75. The van der Waals surface area contributed by atoms with Gasteiger partial charge < -0.3 is 10.0 Å². The Hall–Kier alpha value is -0.860. The summed E-state index contributed by atoms with van der Waals surface area (Å²) in [6.07, 6.45) is 11.4. The fraction of sp³-hybridized carbons (Fsp3) is 0.700. The van der Waals surface area contributed by atoms with Crippen molar-refractivity contribution in [2.24, 2.45) is 5.41 Å². The van der Waals surface area contributed by atoms with E-state index in [-0.39, 0.29) is 11.5 Å². The zero-order valence-electron chi connectivity index (χ0n) is 13.6. The van der Waals surface area contributed by atoms with E-state index in [4.69, 9.17) is 0 Å². The molecule has 1 spiro atoms. The topological polar surface area (TPSA) is 23.5 Å². The molecule has 2 aliphatic carbocycles. The van der Waals surface area contributed by atoms with E-state index in [1.807, 2.05) is 0 Å². The van der Waals surface area contributed by atoms with Crippen LogP contribution >= 0.6 is 0 Å². The molecule has 1 aliphatic heterocycles. The van der Waals surface area contributed by atoms with E-state index in [2.05, 4.69) is 29.2 Å². The molecule has 2 nitrogen and oxygen atoms in total. The predicted molar refractivity (Wildman–Crippen MR) is 89.8 cm³/mol. The second kappa shape index (κ2) is 5.98. The fourth-order valence-corrected chi connectivity index (χ4v) is 5.22. The number of hydrogen-bond donors (Lipinski definition) is 1. The standard InChI is InChI=1S/C20H29NO/c22-19-18-8-4-3-7-16(18)15-20(19)11-9-17(10-12-20)21-13-5-1-2-6-14-21/h3-4,7-8,17,19,22H,1-2,5-6,9-15H2. The van der Waals surface area contributed by atoms with Gasteiger partial charge in [-0.2, -0.15) is 0 Å². The predicted octanol–water partition coefficient (Wildman–Crippen LogP) is 4.08. The number of nitrogens with zero attached hydrogens (tertiary/aromatic N) is 1. The molecule has 0 radical (unpaired) electrons. The van der Waals surface area contributed by atoms with Crippen LogP contribution in [-0.2, 0) is 6.42 Å². The van der Waals surface area contributed by atoms with E-state index in [1.54, 1.807) is 0 Å². The minimum atomic E-state index is -0.228. The number of hydrogen-bond acceptors (Lipinski definition) is 2. The second-order valence-electron chi connectivity index (χ2n) is 7.82. The maximum atomic E-state index is 10.9. The molecule has 1 saturated carbocycles. The highest BCUT2D eigenvalue weighted by Gasteiger charge is 2.47. The lowest BCUT2D eigenvalue weighted by Crippen LogP contribution is -2.42. The molecule has 2 fully saturated rings. The Labute approximate surface area is 134 Å². The lowest BCUT2D eigenvalue weighted by atomic mass is 9.69. The summed E-state index contributed by atoms with van der Waals surface area (Å²) in [6, 6.07) is 9.32. The summed E-state index contributed by atoms with van der Waals surface area (Å²) in [5.41, 5.74) is 2.74. The summed E-state index contributed by atoms with van der Waals surface area (Å²) < 4.78 is 0. The molecule has 1 unspecified atom stereocenters. The first-order chi connectivity index (χ1) is 10.8. The maximum Gasteiger partial charge on any atom is 0.0852 e. The monoisotopic (exact) mass is 299 g/mol. The molecule has 0 aromatic heterocycles. The van der Waals surface area contributed by atoms with Gasteiger partial charge in [-0.15, -0.1) is 0 Å². The van der Waals surface area contributed by atoms with Crippen LogP contribution in [0.1, 0.15) is 68.6 Å². The number of fused-ring (bicyclic) bond motifs is 1. The van der Waals surface area contributed by atoms with Crippen molar-refractivity contribution in [3.63, 3.8) is 0 Å². The largest absolute Gasteiger partial charge is 0.388 e. The first-order valence-corrected chi connectivity index (χ1v) is 9.28. The molecule has 3 aliphatic rings. The minimum Gasteiger partial charge on any atom is -0.388 e. The summed E-state index contributed by atoms with van der Waals surface area (Å²) in [4.78, 5) is 2.76. The Balaban J connectivity index is 1.44. The number of rotatable bonds is 1. The van der Waals surface area contributed by atoms with E-state index in [0.717, 1.165) is 12.5 Å². The summed E-state index contributed by atoms with van der Waals surface area (Å²) >= 11 is 0. The maximum absolute atomic E-state index is 10.9. The molecule has 2 heteroatoms. The van der Waals surface area contributed by atoms with Crippen molar-refractivity contribution < 1.29 is 5.11 Å². The van der Waals surface area contributed by atoms with Crippen LogP contribution in [0.3, 0.4) is 0 Å². The van der Waals surface area contributed by atoms with Gasteiger partial charge in [0.05, 0.1) is 6.10 Å². The Morgan fingerprint density at radius 2 is 1.64 bits per heavy atom. The number of aliphatic hydroxyl groups is 1. The minimum absolute atomic E-state index is 0.145. The number of likely N-dealkylation sites (tertiary alicyclic amines) is 1. The van der Waals surface area contributed by atoms with Gasteiger partial charge in [-0.05, 0) is 69.2 Å². The molecule has 1 atom stereocenters. The summed E-state index contributed by atoms with van der Waals surface area (Å²) in [7, 11) is 0. The number of aliphatic hydroxyl groups excluding tert-OH is 1. The van der Waals surface area contributed by atoms with Crippen LogP contribution in [0, 0.1) is 5.41 Å². The summed E-state index contributed by atoms with van der Waals surface area (Å²) in [6.45, 7) is 2.61. The van der Waals surface area contributed by atoms with Crippen molar-refractivity contribution in [1.29, 1.82) is 0 Å². The lowest BCUT2D eigenvalue weighted by molar-refractivity contribution is -0.0116. The fourth-order valence-electron chi connectivity index (χ4n) is 5.22. The van der Waals surface area contributed by atoms with Crippen LogP contribution in [0.4, 0.5) is 0 Å². The van der Waals surface area contributed by atoms with Crippen LogP contribution in [0.2, 0.25) is 0 Å². The molecule has 0 bridgehead atoms. The molecular weight excluding hydrogens is 270 g/mol. The molecule has 1 heterocycles. The third kappa shape index (κ3) is 2.51. The Morgan fingerprint density at radius 1 is 0.955 bits per heavy atom. The highest BCUT2D eigenvalue weighted by molar-refractivity contribution is 5.37. The zero-order chi connectivity index (χ0) is 15.0. The first kappa shape index (κ1) is 14.7. The highest BCUT2D eigenvalue weighted by Crippen LogP contribution is 2.54. The van der Waals surface area contributed by atoms with Crippen molar-refractivity contribution in [2.45, 2.75) is 69.9 Å². The zero-order valence-corrected chi connectivity index (χ0v) is 13.6. The van der Waals surface area contributed by atoms with Gasteiger partial charge in [-0.1, -0.05) is 37.1 Å². The van der Waals surface area contributed by atoms with Crippen LogP contribution in [0.25, 0.3) is 0 Å². The van der Waals surface area contributed by atoms with Gasteiger partial charge in [0.1, 0.15) is 0 Å². The normalized spacial score (nSPS) is 36.2. The van der Waals surface area contributed by atoms with Gasteiger partial charge in [-0.25, -0.2) is 0 Å². The van der Waals surface area contributed by atoms with Gasteiger partial charge >= 0.3 is 0 Å². The molecule has 1 saturated heterocycles. The quantitative estimate of drug-likeness (QED) is 0.844. The van der Waals surface area contributed by atoms with Crippen LogP contribution in [0.15, 0.2) is 24.3 Å². The van der Waals surface area contributed by atoms with E-state index in [0.29, 0.717) is 0 Å². The second-order valence-corrected chi connectivity index (χ2v) is 7.82. The molecular formula is C20H29NO. The SMILES string of the molecule is OC1c2ccccc2CC12CCC(N1CCCCCC1)CC2.